The minimum atomic E-state index is 0.566. The van der Waals surface area contributed by atoms with Gasteiger partial charge in [-0.2, -0.15) is 5.26 Å². The molecule has 18 heavy (non-hydrogen) atoms. The van der Waals surface area contributed by atoms with Crippen molar-refractivity contribution >= 4 is 11.8 Å². The molecule has 3 rings (SSSR count). The van der Waals surface area contributed by atoms with Gasteiger partial charge in [-0.15, -0.1) is 10.2 Å². The van der Waals surface area contributed by atoms with E-state index in [4.69, 9.17) is 5.26 Å². The zero-order valence-electron chi connectivity index (χ0n) is 9.87. The fourth-order valence-corrected chi connectivity index (χ4v) is 2.45. The summed E-state index contributed by atoms with van der Waals surface area (Å²) in [7, 11) is 1.99. The van der Waals surface area contributed by atoms with E-state index >= 15 is 0 Å². The largest absolute Gasteiger partial charge is 0.309 e. The summed E-state index contributed by atoms with van der Waals surface area (Å²) < 4.78 is 2.03. The van der Waals surface area contributed by atoms with Gasteiger partial charge in [0.05, 0.1) is 5.56 Å². The number of aromatic nitrogens is 4. The Bertz CT molecular complexity index is 606. The van der Waals surface area contributed by atoms with Crippen LogP contribution in [0.2, 0.25) is 0 Å². The highest BCUT2D eigenvalue weighted by atomic mass is 32.2. The van der Waals surface area contributed by atoms with E-state index < -0.39 is 0 Å². The third kappa shape index (κ3) is 2.09. The molecule has 0 aliphatic heterocycles. The van der Waals surface area contributed by atoms with Crippen LogP contribution in [0.5, 0.6) is 0 Å². The predicted octanol–water partition coefficient (Wildman–Crippen LogP) is 2.11. The third-order valence-corrected chi connectivity index (χ3v) is 3.86. The molecule has 0 saturated heterocycles. The highest BCUT2D eigenvalue weighted by Crippen LogP contribution is 2.39. The van der Waals surface area contributed by atoms with Crippen molar-refractivity contribution < 1.29 is 0 Å². The summed E-state index contributed by atoms with van der Waals surface area (Å²) in [6.07, 6.45) is 4.00. The molecule has 1 aliphatic rings. The molecule has 0 aromatic carbocycles. The zero-order chi connectivity index (χ0) is 12.5. The van der Waals surface area contributed by atoms with Gasteiger partial charge in [0, 0.05) is 19.2 Å². The molecular weight excluding hydrogens is 246 g/mol. The average molecular weight is 257 g/mol. The van der Waals surface area contributed by atoms with Crippen LogP contribution in [0.3, 0.4) is 0 Å². The second-order valence-electron chi connectivity index (χ2n) is 4.27. The molecule has 1 aliphatic carbocycles. The van der Waals surface area contributed by atoms with E-state index in [-0.39, 0.29) is 0 Å². The van der Waals surface area contributed by atoms with Crippen LogP contribution in [0, 0.1) is 11.3 Å². The quantitative estimate of drug-likeness (QED) is 0.842. The van der Waals surface area contributed by atoms with Crippen molar-refractivity contribution in [1.82, 2.24) is 19.7 Å². The molecule has 5 nitrogen and oxygen atoms in total. The Balaban J connectivity index is 1.81. The van der Waals surface area contributed by atoms with Crippen molar-refractivity contribution in [3.63, 3.8) is 0 Å². The van der Waals surface area contributed by atoms with Crippen LogP contribution < -0.4 is 0 Å². The van der Waals surface area contributed by atoms with Gasteiger partial charge in [-0.05, 0) is 36.7 Å². The average Bonchev–Trinajstić information content (AvgIpc) is 3.17. The molecule has 90 valence electrons. The number of rotatable bonds is 3. The molecule has 0 amide bonds. The molecule has 2 aromatic rings. The van der Waals surface area contributed by atoms with Crippen molar-refractivity contribution in [2.75, 3.05) is 0 Å². The van der Waals surface area contributed by atoms with Crippen LogP contribution >= 0.6 is 11.8 Å². The third-order valence-electron chi connectivity index (χ3n) is 2.87. The number of nitrogens with zero attached hydrogens (tertiary/aromatic N) is 5. The molecule has 2 aromatic heterocycles. The molecule has 0 unspecified atom stereocenters. The molecule has 0 atom stereocenters. The second-order valence-corrected chi connectivity index (χ2v) is 5.26. The second kappa shape index (κ2) is 4.42. The van der Waals surface area contributed by atoms with Gasteiger partial charge in [0.1, 0.15) is 16.9 Å². The van der Waals surface area contributed by atoms with Gasteiger partial charge in [-0.25, -0.2) is 4.98 Å². The monoisotopic (exact) mass is 257 g/mol. The van der Waals surface area contributed by atoms with Gasteiger partial charge in [-0.3, -0.25) is 0 Å². The molecule has 0 spiro atoms. The molecule has 0 bridgehead atoms. The number of nitriles is 1. The maximum Gasteiger partial charge on any atom is 0.197 e. The van der Waals surface area contributed by atoms with Crippen molar-refractivity contribution in [3.8, 4) is 6.07 Å². The summed E-state index contributed by atoms with van der Waals surface area (Å²) in [5.41, 5.74) is 0.566. The Morgan fingerprint density at radius 1 is 1.39 bits per heavy atom. The van der Waals surface area contributed by atoms with E-state index in [2.05, 4.69) is 21.3 Å². The molecular formula is C12H11N5S. The molecule has 6 heteroatoms. The topological polar surface area (TPSA) is 67.4 Å². The lowest BCUT2D eigenvalue weighted by Crippen LogP contribution is -1.97. The van der Waals surface area contributed by atoms with Gasteiger partial charge in [0.15, 0.2) is 5.16 Å². The molecule has 1 saturated carbocycles. The maximum absolute atomic E-state index is 8.71. The van der Waals surface area contributed by atoms with Gasteiger partial charge < -0.3 is 4.57 Å². The summed E-state index contributed by atoms with van der Waals surface area (Å²) in [5, 5.41) is 18.8. The van der Waals surface area contributed by atoms with Gasteiger partial charge in [0.25, 0.3) is 0 Å². The fourth-order valence-electron chi connectivity index (χ4n) is 1.71. The molecule has 2 heterocycles. The number of hydrogen-bond acceptors (Lipinski definition) is 5. The summed E-state index contributed by atoms with van der Waals surface area (Å²) in [5.74, 6) is 1.65. The Morgan fingerprint density at radius 3 is 2.83 bits per heavy atom. The number of hydrogen-bond donors (Lipinski definition) is 0. The summed E-state index contributed by atoms with van der Waals surface area (Å²) in [6, 6.07) is 5.64. The van der Waals surface area contributed by atoms with Crippen molar-refractivity contribution in [2.24, 2.45) is 7.05 Å². The van der Waals surface area contributed by atoms with Crippen LogP contribution in [0.25, 0.3) is 0 Å². The van der Waals surface area contributed by atoms with Crippen molar-refractivity contribution in [1.29, 1.82) is 5.26 Å². The van der Waals surface area contributed by atoms with Crippen molar-refractivity contribution in [2.45, 2.75) is 28.9 Å². The first-order valence-electron chi connectivity index (χ1n) is 5.71. The lowest BCUT2D eigenvalue weighted by molar-refractivity contribution is 0.736. The fraction of sp³-hybridized carbons (Fsp3) is 0.333. The smallest absolute Gasteiger partial charge is 0.197 e. The van der Waals surface area contributed by atoms with E-state index in [1.54, 1.807) is 12.3 Å². The lowest BCUT2D eigenvalue weighted by Gasteiger charge is -2.01. The SMILES string of the molecule is Cn1c(Sc2ccc(C#N)cn2)nnc1C1CC1. The molecule has 0 N–H and O–H groups in total. The predicted molar refractivity (Wildman–Crippen MR) is 66.1 cm³/mol. The minimum Gasteiger partial charge on any atom is -0.309 e. The van der Waals surface area contributed by atoms with Gasteiger partial charge in [-0.1, -0.05) is 0 Å². The Morgan fingerprint density at radius 2 is 2.22 bits per heavy atom. The summed E-state index contributed by atoms with van der Waals surface area (Å²) in [6.45, 7) is 0. The highest BCUT2D eigenvalue weighted by Gasteiger charge is 2.29. The normalized spacial score (nSPS) is 14.4. The number of pyridine rings is 1. The lowest BCUT2D eigenvalue weighted by atomic mass is 10.3. The van der Waals surface area contributed by atoms with E-state index in [9.17, 15) is 0 Å². The Kier molecular flexibility index (Phi) is 2.76. The van der Waals surface area contributed by atoms with Crippen LogP contribution in [0.15, 0.2) is 28.5 Å². The van der Waals surface area contributed by atoms with E-state index in [1.165, 1.54) is 24.6 Å². The Hall–Kier alpha value is -1.87. The van der Waals surface area contributed by atoms with Gasteiger partial charge >= 0.3 is 0 Å². The zero-order valence-corrected chi connectivity index (χ0v) is 10.7. The van der Waals surface area contributed by atoms with Crippen molar-refractivity contribution in [3.05, 3.63) is 29.7 Å². The van der Waals surface area contributed by atoms with E-state index in [1.807, 2.05) is 17.7 Å². The first-order valence-corrected chi connectivity index (χ1v) is 6.53. The first kappa shape index (κ1) is 11.2. The van der Waals surface area contributed by atoms with Crippen LogP contribution in [-0.2, 0) is 7.05 Å². The van der Waals surface area contributed by atoms with Gasteiger partial charge in [0.2, 0.25) is 0 Å². The highest BCUT2D eigenvalue weighted by molar-refractivity contribution is 7.99. The van der Waals surface area contributed by atoms with E-state index in [0.717, 1.165) is 16.0 Å². The minimum absolute atomic E-state index is 0.566. The van der Waals surface area contributed by atoms with Crippen LogP contribution in [0.4, 0.5) is 0 Å². The molecule has 1 fully saturated rings. The van der Waals surface area contributed by atoms with Crippen LogP contribution in [0.1, 0.15) is 30.1 Å². The summed E-state index contributed by atoms with van der Waals surface area (Å²) >= 11 is 1.47. The summed E-state index contributed by atoms with van der Waals surface area (Å²) in [4.78, 5) is 4.22. The Labute approximate surface area is 109 Å². The standard InChI is InChI=1S/C12H11N5S/c1-17-11(9-3-4-9)15-16-12(17)18-10-5-2-8(6-13)7-14-10/h2,5,7,9H,3-4H2,1H3. The van der Waals surface area contributed by atoms with E-state index in [0.29, 0.717) is 11.5 Å². The molecule has 0 radical (unpaired) electrons. The van der Waals surface area contributed by atoms with Crippen LogP contribution in [-0.4, -0.2) is 19.7 Å². The maximum atomic E-state index is 8.71. The first-order chi connectivity index (χ1) is 8.78.